The van der Waals surface area contributed by atoms with Crippen LogP contribution in [0, 0.1) is 0 Å². The number of hydrogen-bond acceptors (Lipinski definition) is 8. The third kappa shape index (κ3) is 18.7. The van der Waals surface area contributed by atoms with E-state index in [0.717, 1.165) is 0 Å². The fraction of sp³-hybridized carbons (Fsp3) is 0.261. The van der Waals surface area contributed by atoms with Crippen molar-refractivity contribution in [3.05, 3.63) is 372 Å². The maximum atomic E-state index is 2.46. The number of thiophene rings is 8. The summed E-state index contributed by atoms with van der Waals surface area (Å²) in [5, 5.41) is 22.6. The summed E-state index contributed by atoms with van der Waals surface area (Å²) in [4.78, 5) is 0. The highest BCUT2D eigenvalue weighted by Gasteiger charge is 2.35. The molecule has 0 saturated heterocycles. The molecule has 0 unspecified atom stereocenters. The minimum absolute atomic E-state index is 0.0205. The van der Waals surface area contributed by atoms with Gasteiger partial charge >= 0.3 is 0 Å². The van der Waals surface area contributed by atoms with Crippen LogP contribution in [0.15, 0.2) is 322 Å². The van der Waals surface area contributed by atoms with Gasteiger partial charge in [-0.25, -0.2) is 0 Å². The molecule has 0 aliphatic carbocycles. The van der Waals surface area contributed by atoms with E-state index in [4.69, 9.17) is 0 Å². The van der Waals surface area contributed by atoms with Gasteiger partial charge in [-0.15, -0.1) is 90.7 Å². The lowest BCUT2D eigenvalue weighted by molar-refractivity contribution is 0.568. The van der Waals surface area contributed by atoms with Crippen LogP contribution in [0.25, 0.3) is 206 Å². The third-order valence-corrected chi connectivity index (χ3v) is 38.4. The van der Waals surface area contributed by atoms with Gasteiger partial charge in [-0.2, -0.15) is 0 Å². The second-order valence-electron chi connectivity index (χ2n) is 49.5. The molecule has 25 aromatic rings. The molecule has 0 saturated carbocycles. The molecule has 0 bridgehead atoms. The van der Waals surface area contributed by atoms with Gasteiger partial charge in [0, 0.05) is 161 Å². The first-order valence-corrected chi connectivity index (χ1v) is 58.3. The fourth-order valence-electron chi connectivity index (χ4n) is 22.2. The summed E-state index contributed by atoms with van der Waals surface area (Å²) in [6, 6.07) is 120. The Hall–Kier alpha value is -11.5. The summed E-state index contributed by atoms with van der Waals surface area (Å²) in [6.45, 7) is 63.2. The molecule has 8 aromatic heterocycles. The summed E-state index contributed by atoms with van der Waals surface area (Å²) >= 11 is 15.5. The fourth-order valence-corrected chi connectivity index (χ4v) is 32.6. The lowest BCUT2D eigenvalue weighted by Crippen LogP contribution is -2.17. The van der Waals surface area contributed by atoms with Crippen LogP contribution in [-0.2, 0) is 48.7 Å². The van der Waals surface area contributed by atoms with Crippen molar-refractivity contribution >= 4 is 252 Å². The van der Waals surface area contributed by atoms with E-state index in [0.29, 0.717) is 0 Å². The maximum absolute atomic E-state index is 2.46. The van der Waals surface area contributed by atoms with Crippen LogP contribution < -0.4 is 0 Å². The zero-order valence-electron chi connectivity index (χ0n) is 89.9. The Labute approximate surface area is 895 Å². The highest BCUT2D eigenvalue weighted by molar-refractivity contribution is 7.30. The van der Waals surface area contributed by atoms with Crippen molar-refractivity contribution in [2.75, 3.05) is 0 Å². The molecule has 734 valence electrons. The van der Waals surface area contributed by atoms with Crippen molar-refractivity contribution in [2.24, 2.45) is 0 Å². The van der Waals surface area contributed by atoms with E-state index in [-0.39, 0.29) is 48.7 Å². The van der Waals surface area contributed by atoms with Crippen LogP contribution in [0.4, 0.5) is 0 Å². The highest BCUT2D eigenvalue weighted by atomic mass is 32.1. The van der Waals surface area contributed by atoms with E-state index in [9.17, 15) is 0 Å². The normalized spacial score (nSPS) is 12.9. The Kier molecular flexibility index (Phi) is 25.7. The van der Waals surface area contributed by atoms with Crippen molar-refractivity contribution in [1.29, 1.82) is 0 Å². The first-order chi connectivity index (χ1) is 69.1. The van der Waals surface area contributed by atoms with Crippen LogP contribution >= 0.6 is 90.7 Å². The lowest BCUT2D eigenvalue weighted by atomic mass is 9.75. The first-order valence-electron chi connectivity index (χ1n) is 51.8. The highest BCUT2D eigenvalue weighted by Crippen LogP contribution is 2.57. The SMILES string of the molecule is CC(C)(C)c1c2c(cc3sc4cccc(-c5ccccc5)c4c13)sc1cccc(-c3ccccc3)c12.CC(C)(C)c1c2c(cc3sc4ccccc4c13)sc1ccccc12.CC(C)(C)c1c2sc3ccccc3c2cc2c1sc1ccccc12.CC(C)(C)c1cc(-c2ccc3c(sc4ccccc43)c2C(C)(C)C)cc(C(C)(C)C)c1.CC(C)(C)c1cc(-c2ccc3sc4ccccc4c3c2C(C)(C)C)cc(C(C)(C)C)c1. The number of benzene rings is 17. The Morgan fingerprint density at radius 1 is 0.130 bits per heavy atom. The molecule has 0 atom stereocenters. The topological polar surface area (TPSA) is 0 Å². The van der Waals surface area contributed by atoms with Crippen LogP contribution in [-0.4, -0.2) is 0 Å². The summed E-state index contributed by atoms with van der Waals surface area (Å²) < 4.78 is 22.4. The second kappa shape index (κ2) is 37.4. The molecule has 0 nitrogen and oxygen atoms in total. The molecule has 0 aliphatic rings. The second-order valence-corrected chi connectivity index (χ2v) is 58.0. The number of rotatable bonds is 4. The molecule has 146 heavy (non-hydrogen) atoms. The molecule has 0 aliphatic heterocycles. The van der Waals surface area contributed by atoms with Crippen LogP contribution in [0.5, 0.6) is 0 Å². The number of fused-ring (bicyclic) bond motifs is 24. The summed E-state index contributed by atoms with van der Waals surface area (Å²) in [5.74, 6) is 0. The van der Waals surface area contributed by atoms with E-state index in [1.54, 1.807) is 0 Å². The minimum Gasteiger partial charge on any atom is -0.135 e. The van der Waals surface area contributed by atoms with E-state index < -0.39 is 0 Å². The zero-order valence-corrected chi connectivity index (χ0v) is 96.4. The van der Waals surface area contributed by atoms with Gasteiger partial charge in [0.25, 0.3) is 0 Å². The van der Waals surface area contributed by atoms with Crippen molar-refractivity contribution < 1.29 is 0 Å². The van der Waals surface area contributed by atoms with Crippen LogP contribution in [0.3, 0.4) is 0 Å². The van der Waals surface area contributed by atoms with Crippen molar-refractivity contribution in [3.63, 3.8) is 0 Å². The van der Waals surface area contributed by atoms with Gasteiger partial charge in [0.2, 0.25) is 0 Å². The molecular formula is C138H134S8. The van der Waals surface area contributed by atoms with E-state index in [2.05, 4.69) is 508 Å². The molecule has 25 rings (SSSR count). The predicted octanol–water partition coefficient (Wildman–Crippen LogP) is 45.7. The number of hydrogen-bond donors (Lipinski definition) is 0. The van der Waals surface area contributed by atoms with Gasteiger partial charge < -0.3 is 0 Å². The predicted molar refractivity (Wildman–Crippen MR) is 665 cm³/mol. The average molecular weight is 2050 g/mol. The van der Waals surface area contributed by atoms with Gasteiger partial charge in [-0.05, 0) is 216 Å². The van der Waals surface area contributed by atoms with Crippen molar-refractivity contribution in [3.8, 4) is 44.5 Å². The average Bonchev–Trinajstić information content (AvgIpc) is 1.54. The molecule has 0 N–H and O–H groups in total. The van der Waals surface area contributed by atoms with Crippen LogP contribution in [0.1, 0.15) is 237 Å². The largest absolute Gasteiger partial charge is 0.135 e. The summed E-state index contributed by atoms with van der Waals surface area (Å²) in [7, 11) is 0. The molecule has 8 heteroatoms. The Morgan fingerprint density at radius 2 is 0.390 bits per heavy atom. The van der Waals surface area contributed by atoms with Gasteiger partial charge in [0.05, 0.1) is 0 Å². The Balaban J connectivity index is 0.000000108. The molecule has 17 aromatic carbocycles. The summed E-state index contributed by atoms with van der Waals surface area (Å²) in [6.07, 6.45) is 0. The van der Waals surface area contributed by atoms with Gasteiger partial charge in [-0.3, -0.25) is 0 Å². The zero-order chi connectivity index (χ0) is 103. The molecule has 0 amide bonds. The molecule has 8 heterocycles. The summed E-state index contributed by atoms with van der Waals surface area (Å²) in [5.41, 5.74) is 24.5. The monoisotopic (exact) mass is 2050 g/mol. The van der Waals surface area contributed by atoms with Gasteiger partial charge in [0.1, 0.15) is 0 Å². The molecule has 0 fully saturated rings. The maximum Gasteiger partial charge on any atom is 0.0407 e. The van der Waals surface area contributed by atoms with E-state index in [1.165, 1.54) is 256 Å². The Morgan fingerprint density at radius 3 is 0.740 bits per heavy atom. The molecule has 0 spiro atoms. The van der Waals surface area contributed by atoms with Crippen LogP contribution in [0.2, 0.25) is 0 Å². The standard InChI is InChI=1S/C34H26S2.2C30H36S.2C22H18S2/c1-34(2,3)33-31-27(35-25-18-10-16-23(29(25)31)21-12-6-4-7-13-21)20-28-32(33)30-24(17-11-19-26(30)36-28)22-14-8-5-9-15-22;1-28(2,3)20-16-19(17-21(18-20)29(4,5)6)22-14-15-24-23-12-10-11-13-25(23)31-27(24)26(22)30(7,8)9;1-28(2,3)20-16-19(17-21(18-20)29(4,5)6)22-14-15-25-26(27(22)30(7,8)9)23-12-10-11-13-24(23)31-25;1-22(2,3)19-20-15(13-8-4-6-10-17(13)23-20)12-16-14-9-5-7-11-18(14)24-21(16)19;1-22(2,3)21-19-13-8-4-6-10-15(13)23-17(19)12-18-20(21)14-9-5-7-11-16(14)24-18/h4-20H,1-3H3;2*10-18H,1-9H3;2*4-12H,1-3H3. The first kappa shape index (κ1) is 100. The lowest BCUT2D eigenvalue weighted by Gasteiger charge is -2.29. The smallest absolute Gasteiger partial charge is 0.0407 e. The van der Waals surface area contributed by atoms with Crippen molar-refractivity contribution in [1.82, 2.24) is 0 Å². The van der Waals surface area contributed by atoms with E-state index in [1.807, 2.05) is 90.7 Å². The minimum atomic E-state index is -0.0205. The molecular weight excluding hydrogens is 1910 g/mol. The van der Waals surface area contributed by atoms with E-state index >= 15 is 0 Å². The molecule has 0 radical (unpaired) electrons. The van der Waals surface area contributed by atoms with Gasteiger partial charge in [-0.1, -0.05) is 436 Å². The van der Waals surface area contributed by atoms with Crippen molar-refractivity contribution in [2.45, 2.75) is 236 Å². The quantitative estimate of drug-likeness (QED) is 0.165. The van der Waals surface area contributed by atoms with Gasteiger partial charge in [0.15, 0.2) is 0 Å². The third-order valence-electron chi connectivity index (χ3n) is 29.2. The Bertz CT molecular complexity index is 9000.